The van der Waals surface area contributed by atoms with Crippen molar-refractivity contribution in [3.8, 4) is 0 Å². The van der Waals surface area contributed by atoms with Crippen molar-refractivity contribution in [1.29, 1.82) is 0 Å². The molecule has 1 atom stereocenters. The molecule has 3 amide bonds. The van der Waals surface area contributed by atoms with Crippen LogP contribution in [0.25, 0.3) is 6.08 Å². The zero-order valence-corrected chi connectivity index (χ0v) is 14.9. The van der Waals surface area contributed by atoms with E-state index in [1.807, 2.05) is 12.1 Å². The zero-order valence-electron chi connectivity index (χ0n) is 14.9. The van der Waals surface area contributed by atoms with E-state index in [-0.39, 0.29) is 35.6 Å². The molecule has 5 heteroatoms. The molecule has 1 saturated heterocycles. The van der Waals surface area contributed by atoms with Gasteiger partial charge in [0.1, 0.15) is 6.04 Å². The van der Waals surface area contributed by atoms with Gasteiger partial charge in [-0.3, -0.25) is 19.7 Å². The van der Waals surface area contributed by atoms with E-state index in [0.29, 0.717) is 0 Å². The molecule has 1 aliphatic heterocycles. The lowest BCUT2D eigenvalue weighted by Gasteiger charge is -2.25. The summed E-state index contributed by atoms with van der Waals surface area (Å²) in [5, 5.41) is 2.28. The van der Waals surface area contributed by atoms with Crippen LogP contribution in [0.5, 0.6) is 0 Å². The number of carbonyl (C=O) groups is 3. The maximum absolute atomic E-state index is 12.6. The van der Waals surface area contributed by atoms with Crippen LogP contribution >= 0.6 is 0 Å². The molecule has 0 aromatic heterocycles. The van der Waals surface area contributed by atoms with Gasteiger partial charge >= 0.3 is 0 Å². The summed E-state index contributed by atoms with van der Waals surface area (Å²) in [6.07, 6.45) is 5.10. The van der Waals surface area contributed by atoms with Gasteiger partial charge in [-0.2, -0.15) is 0 Å². The standard InChI is InChI=1S/C20H24N2O3/c1-20(2,3)14-7-4-13(5-8-14)6-11-18(24)22(15-9-10-15)16-12-17(23)21-19(16)25/h4-8,11,15-16H,9-10,12H2,1-3H3,(H,21,23,25)/b11-6+/t16-/m1/s1. The fourth-order valence-corrected chi connectivity index (χ4v) is 3.05. The number of hydrogen-bond donors (Lipinski definition) is 1. The molecule has 2 fully saturated rings. The van der Waals surface area contributed by atoms with Crippen LogP contribution < -0.4 is 5.32 Å². The summed E-state index contributed by atoms with van der Waals surface area (Å²) < 4.78 is 0. The van der Waals surface area contributed by atoms with Gasteiger partial charge in [0.15, 0.2) is 0 Å². The number of amides is 3. The lowest BCUT2D eigenvalue weighted by atomic mass is 9.87. The van der Waals surface area contributed by atoms with Gasteiger partial charge in [0, 0.05) is 12.1 Å². The summed E-state index contributed by atoms with van der Waals surface area (Å²) in [4.78, 5) is 37.5. The van der Waals surface area contributed by atoms with Crippen LogP contribution in [0.4, 0.5) is 0 Å². The Hall–Kier alpha value is -2.43. The SMILES string of the molecule is CC(C)(C)c1ccc(/C=C/C(=O)N(C2CC2)[C@@H]2CC(=O)NC2=O)cc1. The van der Waals surface area contributed by atoms with Crippen LogP contribution in [0.15, 0.2) is 30.3 Å². The second-order valence-corrected chi connectivity index (χ2v) is 7.81. The molecule has 132 valence electrons. The molecule has 1 N–H and O–H groups in total. The van der Waals surface area contributed by atoms with E-state index < -0.39 is 6.04 Å². The molecule has 1 aliphatic carbocycles. The van der Waals surface area contributed by atoms with Gasteiger partial charge in [0.05, 0.1) is 6.42 Å². The predicted octanol–water partition coefficient (Wildman–Crippen LogP) is 2.40. The van der Waals surface area contributed by atoms with Crippen molar-refractivity contribution in [1.82, 2.24) is 10.2 Å². The molecule has 2 aliphatic rings. The summed E-state index contributed by atoms with van der Waals surface area (Å²) in [6, 6.07) is 7.50. The smallest absolute Gasteiger partial charge is 0.249 e. The molecule has 0 spiro atoms. The molecule has 1 heterocycles. The molecule has 1 aromatic carbocycles. The van der Waals surface area contributed by atoms with Crippen LogP contribution in [-0.4, -0.2) is 34.7 Å². The quantitative estimate of drug-likeness (QED) is 0.676. The van der Waals surface area contributed by atoms with E-state index in [2.05, 4.69) is 38.2 Å². The minimum Gasteiger partial charge on any atom is -0.324 e. The molecular formula is C20H24N2O3. The largest absolute Gasteiger partial charge is 0.324 e. The number of nitrogens with one attached hydrogen (secondary N) is 1. The Kier molecular flexibility index (Phi) is 4.50. The monoisotopic (exact) mass is 340 g/mol. The molecule has 1 saturated carbocycles. The van der Waals surface area contributed by atoms with Crippen molar-refractivity contribution in [3.63, 3.8) is 0 Å². The Morgan fingerprint density at radius 3 is 2.28 bits per heavy atom. The van der Waals surface area contributed by atoms with E-state index in [9.17, 15) is 14.4 Å². The third kappa shape index (κ3) is 3.98. The highest BCUT2D eigenvalue weighted by atomic mass is 16.2. The highest BCUT2D eigenvalue weighted by Crippen LogP contribution is 2.31. The molecule has 0 unspecified atom stereocenters. The molecule has 3 rings (SSSR count). The number of benzene rings is 1. The van der Waals surface area contributed by atoms with Crippen molar-refractivity contribution >= 4 is 23.8 Å². The van der Waals surface area contributed by atoms with Crippen molar-refractivity contribution in [2.24, 2.45) is 0 Å². The summed E-state index contributed by atoms with van der Waals surface area (Å²) in [5.41, 5.74) is 2.25. The summed E-state index contributed by atoms with van der Waals surface area (Å²) in [5.74, 6) is -0.888. The first-order valence-corrected chi connectivity index (χ1v) is 8.70. The Bertz CT molecular complexity index is 724. The van der Waals surface area contributed by atoms with Crippen LogP contribution in [0, 0.1) is 0 Å². The average molecular weight is 340 g/mol. The maximum Gasteiger partial charge on any atom is 0.249 e. The Balaban J connectivity index is 1.72. The number of rotatable bonds is 4. The number of hydrogen-bond acceptors (Lipinski definition) is 3. The van der Waals surface area contributed by atoms with Crippen molar-refractivity contribution < 1.29 is 14.4 Å². The fraction of sp³-hybridized carbons (Fsp3) is 0.450. The highest BCUT2D eigenvalue weighted by molar-refractivity contribution is 6.08. The summed E-state index contributed by atoms with van der Waals surface area (Å²) >= 11 is 0. The predicted molar refractivity (Wildman–Crippen MR) is 95.6 cm³/mol. The lowest BCUT2D eigenvalue weighted by Crippen LogP contribution is -2.45. The maximum atomic E-state index is 12.6. The topological polar surface area (TPSA) is 66.5 Å². The lowest BCUT2D eigenvalue weighted by molar-refractivity contribution is -0.135. The second kappa shape index (κ2) is 6.47. The molecule has 5 nitrogen and oxygen atoms in total. The first-order chi connectivity index (χ1) is 11.8. The van der Waals surface area contributed by atoms with Gasteiger partial charge in [-0.25, -0.2) is 0 Å². The molecule has 0 radical (unpaired) electrons. The van der Waals surface area contributed by atoms with E-state index in [4.69, 9.17) is 0 Å². The molecule has 0 bridgehead atoms. The van der Waals surface area contributed by atoms with Gasteiger partial charge in [-0.1, -0.05) is 45.0 Å². The molecule has 1 aromatic rings. The van der Waals surface area contributed by atoms with Gasteiger partial charge in [0.25, 0.3) is 0 Å². The summed E-state index contributed by atoms with van der Waals surface area (Å²) in [7, 11) is 0. The van der Waals surface area contributed by atoms with Crippen LogP contribution in [-0.2, 0) is 19.8 Å². The van der Waals surface area contributed by atoms with Crippen LogP contribution in [0.1, 0.15) is 51.2 Å². The van der Waals surface area contributed by atoms with Gasteiger partial charge in [-0.15, -0.1) is 0 Å². The van der Waals surface area contributed by atoms with Gasteiger partial charge in [-0.05, 0) is 35.5 Å². The Morgan fingerprint density at radius 2 is 1.80 bits per heavy atom. The number of nitrogens with zero attached hydrogens (tertiary/aromatic N) is 1. The minimum absolute atomic E-state index is 0.0647. The van der Waals surface area contributed by atoms with Crippen molar-refractivity contribution in [2.45, 2.75) is 57.5 Å². The Morgan fingerprint density at radius 1 is 1.16 bits per heavy atom. The first kappa shape index (κ1) is 17.4. The Labute approximate surface area is 148 Å². The average Bonchev–Trinajstić information content (AvgIpc) is 3.31. The van der Waals surface area contributed by atoms with Crippen molar-refractivity contribution in [2.75, 3.05) is 0 Å². The molecular weight excluding hydrogens is 316 g/mol. The first-order valence-electron chi connectivity index (χ1n) is 8.70. The third-order valence-electron chi connectivity index (χ3n) is 4.67. The zero-order chi connectivity index (χ0) is 18.2. The van der Waals surface area contributed by atoms with Gasteiger partial charge < -0.3 is 4.90 Å². The molecule has 25 heavy (non-hydrogen) atoms. The highest BCUT2D eigenvalue weighted by Gasteiger charge is 2.43. The number of imide groups is 1. The third-order valence-corrected chi connectivity index (χ3v) is 4.67. The fourth-order valence-electron chi connectivity index (χ4n) is 3.05. The summed E-state index contributed by atoms with van der Waals surface area (Å²) in [6.45, 7) is 6.47. The van der Waals surface area contributed by atoms with Gasteiger partial charge in [0.2, 0.25) is 17.7 Å². The second-order valence-electron chi connectivity index (χ2n) is 7.81. The van der Waals surface area contributed by atoms with Crippen LogP contribution in [0.2, 0.25) is 0 Å². The van der Waals surface area contributed by atoms with E-state index in [1.54, 1.807) is 11.0 Å². The van der Waals surface area contributed by atoms with E-state index >= 15 is 0 Å². The number of carbonyl (C=O) groups excluding carboxylic acids is 3. The normalized spacial score (nSPS) is 20.8. The van der Waals surface area contributed by atoms with E-state index in [1.165, 1.54) is 11.6 Å². The van der Waals surface area contributed by atoms with E-state index in [0.717, 1.165) is 18.4 Å². The van der Waals surface area contributed by atoms with Crippen molar-refractivity contribution in [3.05, 3.63) is 41.5 Å². The van der Waals surface area contributed by atoms with Crippen LogP contribution in [0.3, 0.4) is 0 Å². The minimum atomic E-state index is -0.666.